The molecule has 44 valence electrons. The quantitative estimate of drug-likeness (QED) is 0.491. The maximum Gasteiger partial charge on any atom is 0.167 e. The van der Waals surface area contributed by atoms with E-state index in [1.165, 1.54) is 6.20 Å². The Kier molecular flexibility index (Phi) is 1.24. The highest BCUT2D eigenvalue weighted by Crippen LogP contribution is 1.98. The summed E-state index contributed by atoms with van der Waals surface area (Å²) in [6.45, 7) is 0. The SMILES string of the molecule is N#Cc1cnnnc1N. The van der Waals surface area contributed by atoms with E-state index in [4.69, 9.17) is 11.0 Å². The van der Waals surface area contributed by atoms with Crippen LogP contribution < -0.4 is 5.73 Å². The van der Waals surface area contributed by atoms with Crippen molar-refractivity contribution in [2.75, 3.05) is 5.73 Å². The lowest BCUT2D eigenvalue weighted by atomic mass is 10.4. The van der Waals surface area contributed by atoms with E-state index >= 15 is 0 Å². The largest absolute Gasteiger partial charge is 0.381 e. The molecule has 0 bridgehead atoms. The second kappa shape index (κ2) is 2.05. The van der Waals surface area contributed by atoms with Crippen molar-refractivity contribution in [2.45, 2.75) is 0 Å². The van der Waals surface area contributed by atoms with Gasteiger partial charge in [0.2, 0.25) is 0 Å². The molecule has 0 aliphatic rings. The molecule has 2 N–H and O–H groups in total. The Labute approximate surface area is 51.1 Å². The van der Waals surface area contributed by atoms with E-state index in [0.29, 0.717) is 0 Å². The molecule has 5 nitrogen and oxygen atoms in total. The van der Waals surface area contributed by atoms with E-state index in [-0.39, 0.29) is 11.4 Å². The molecule has 0 saturated carbocycles. The Morgan fingerprint density at radius 3 is 2.89 bits per heavy atom. The van der Waals surface area contributed by atoms with Gasteiger partial charge in [-0.2, -0.15) is 5.26 Å². The summed E-state index contributed by atoms with van der Waals surface area (Å²) >= 11 is 0. The predicted octanol–water partition coefficient (Wildman–Crippen LogP) is -0.675. The highest BCUT2D eigenvalue weighted by Gasteiger charge is 1.95. The van der Waals surface area contributed by atoms with Crippen molar-refractivity contribution in [3.63, 3.8) is 0 Å². The fourth-order valence-electron chi connectivity index (χ4n) is 0.364. The van der Waals surface area contributed by atoms with Gasteiger partial charge >= 0.3 is 0 Å². The first-order chi connectivity index (χ1) is 4.34. The predicted molar refractivity (Wildman–Crippen MR) is 29.0 cm³/mol. The van der Waals surface area contributed by atoms with E-state index in [0.717, 1.165) is 0 Å². The summed E-state index contributed by atoms with van der Waals surface area (Å²) in [5.74, 6) is 0.118. The van der Waals surface area contributed by atoms with Gasteiger partial charge in [-0.1, -0.05) is 0 Å². The van der Waals surface area contributed by atoms with Crippen molar-refractivity contribution in [1.82, 2.24) is 15.4 Å². The van der Waals surface area contributed by atoms with Crippen LogP contribution in [0.2, 0.25) is 0 Å². The van der Waals surface area contributed by atoms with Crippen molar-refractivity contribution in [3.05, 3.63) is 11.8 Å². The Morgan fingerprint density at radius 1 is 1.67 bits per heavy atom. The number of nitrogen functional groups attached to an aromatic ring is 1. The molecular weight excluding hydrogens is 118 g/mol. The molecule has 0 aromatic carbocycles. The zero-order valence-corrected chi connectivity index (χ0v) is 4.44. The van der Waals surface area contributed by atoms with Crippen LogP contribution in [0.4, 0.5) is 5.82 Å². The molecule has 0 aliphatic heterocycles. The van der Waals surface area contributed by atoms with Gasteiger partial charge in [-0.25, -0.2) is 0 Å². The summed E-state index contributed by atoms with van der Waals surface area (Å²) in [6, 6.07) is 1.81. The molecule has 0 fully saturated rings. The fraction of sp³-hybridized carbons (Fsp3) is 0. The van der Waals surface area contributed by atoms with Crippen LogP contribution in [-0.4, -0.2) is 15.4 Å². The molecule has 9 heavy (non-hydrogen) atoms. The minimum absolute atomic E-state index is 0.118. The van der Waals surface area contributed by atoms with Crippen LogP contribution in [0.15, 0.2) is 6.20 Å². The summed E-state index contributed by atoms with van der Waals surface area (Å²) in [4.78, 5) is 0. The summed E-state index contributed by atoms with van der Waals surface area (Å²) in [7, 11) is 0. The third kappa shape index (κ3) is 0.912. The molecule has 1 aromatic rings. The lowest BCUT2D eigenvalue weighted by Crippen LogP contribution is -1.97. The molecule has 0 amide bonds. The second-order valence-corrected chi connectivity index (χ2v) is 1.34. The minimum atomic E-state index is 0.118. The number of rotatable bonds is 0. The number of aromatic nitrogens is 3. The fourth-order valence-corrected chi connectivity index (χ4v) is 0.364. The zero-order chi connectivity index (χ0) is 6.69. The van der Waals surface area contributed by atoms with Gasteiger partial charge in [0.25, 0.3) is 0 Å². The van der Waals surface area contributed by atoms with Crippen molar-refractivity contribution in [2.24, 2.45) is 0 Å². The van der Waals surface area contributed by atoms with Gasteiger partial charge in [0.15, 0.2) is 5.82 Å². The van der Waals surface area contributed by atoms with Gasteiger partial charge in [-0.05, 0) is 5.21 Å². The molecular formula is C4H3N5. The van der Waals surface area contributed by atoms with Crippen LogP contribution in [0, 0.1) is 11.3 Å². The van der Waals surface area contributed by atoms with Crippen LogP contribution in [0.25, 0.3) is 0 Å². The molecule has 0 radical (unpaired) electrons. The molecule has 0 aliphatic carbocycles. The Morgan fingerprint density at radius 2 is 2.44 bits per heavy atom. The molecule has 0 saturated heterocycles. The van der Waals surface area contributed by atoms with Gasteiger partial charge < -0.3 is 5.73 Å². The van der Waals surface area contributed by atoms with E-state index in [9.17, 15) is 0 Å². The number of anilines is 1. The Bertz CT molecular complexity index is 249. The molecule has 5 heteroatoms. The Balaban J connectivity index is 3.20. The average Bonchev–Trinajstić information content (AvgIpc) is 1.89. The smallest absolute Gasteiger partial charge is 0.167 e. The normalized spacial score (nSPS) is 8.33. The van der Waals surface area contributed by atoms with Gasteiger partial charge in [0.05, 0.1) is 6.20 Å². The molecule has 1 heterocycles. The molecule has 0 unspecified atom stereocenters. The summed E-state index contributed by atoms with van der Waals surface area (Å²) in [5.41, 5.74) is 5.45. The van der Waals surface area contributed by atoms with Crippen LogP contribution in [0.5, 0.6) is 0 Å². The van der Waals surface area contributed by atoms with E-state index in [1.54, 1.807) is 6.07 Å². The third-order valence-corrected chi connectivity index (χ3v) is 0.787. The second-order valence-electron chi connectivity index (χ2n) is 1.34. The van der Waals surface area contributed by atoms with Crippen LogP contribution in [0.3, 0.4) is 0 Å². The number of hydrogen-bond donors (Lipinski definition) is 1. The maximum atomic E-state index is 8.28. The van der Waals surface area contributed by atoms with Crippen molar-refractivity contribution in [1.29, 1.82) is 5.26 Å². The first kappa shape index (κ1) is 5.44. The first-order valence-corrected chi connectivity index (χ1v) is 2.18. The number of hydrogen-bond acceptors (Lipinski definition) is 5. The minimum Gasteiger partial charge on any atom is -0.381 e. The summed E-state index contributed by atoms with van der Waals surface area (Å²) in [6.07, 6.45) is 1.27. The van der Waals surface area contributed by atoms with Crippen molar-refractivity contribution >= 4 is 5.82 Å². The molecule has 1 rings (SSSR count). The van der Waals surface area contributed by atoms with E-state index in [1.807, 2.05) is 0 Å². The topological polar surface area (TPSA) is 88.5 Å². The lowest BCUT2D eigenvalue weighted by Gasteiger charge is -1.87. The van der Waals surface area contributed by atoms with E-state index in [2.05, 4.69) is 15.4 Å². The number of nitriles is 1. The average molecular weight is 121 g/mol. The highest BCUT2D eigenvalue weighted by molar-refractivity contribution is 5.44. The Hall–Kier alpha value is -1.70. The van der Waals surface area contributed by atoms with Crippen LogP contribution in [-0.2, 0) is 0 Å². The number of nitrogens with two attached hydrogens (primary N) is 1. The molecule has 1 aromatic heterocycles. The lowest BCUT2D eigenvalue weighted by molar-refractivity contribution is 0.869. The highest BCUT2D eigenvalue weighted by atomic mass is 15.3. The van der Waals surface area contributed by atoms with Crippen LogP contribution in [0.1, 0.15) is 5.56 Å². The maximum absolute atomic E-state index is 8.28. The standard InChI is InChI=1S/C4H3N5/c5-1-3-2-7-9-8-4(3)6/h2H,(H2,6,7,8). The first-order valence-electron chi connectivity index (χ1n) is 2.18. The van der Waals surface area contributed by atoms with Crippen LogP contribution >= 0.6 is 0 Å². The third-order valence-electron chi connectivity index (χ3n) is 0.787. The van der Waals surface area contributed by atoms with Gasteiger partial charge in [0.1, 0.15) is 11.6 Å². The monoisotopic (exact) mass is 121 g/mol. The van der Waals surface area contributed by atoms with Gasteiger partial charge in [-0.3, -0.25) is 0 Å². The van der Waals surface area contributed by atoms with Gasteiger partial charge in [-0.15, -0.1) is 10.2 Å². The zero-order valence-electron chi connectivity index (χ0n) is 4.44. The number of nitrogens with zero attached hydrogens (tertiary/aromatic N) is 4. The van der Waals surface area contributed by atoms with Crippen molar-refractivity contribution < 1.29 is 0 Å². The van der Waals surface area contributed by atoms with Gasteiger partial charge in [0, 0.05) is 0 Å². The van der Waals surface area contributed by atoms with E-state index < -0.39 is 0 Å². The van der Waals surface area contributed by atoms with Crippen molar-refractivity contribution in [3.8, 4) is 6.07 Å². The summed E-state index contributed by atoms with van der Waals surface area (Å²) in [5, 5.41) is 18.2. The molecule has 0 atom stereocenters. The summed E-state index contributed by atoms with van der Waals surface area (Å²) < 4.78 is 0. The molecule has 0 spiro atoms.